The Morgan fingerprint density at radius 2 is 1.56 bits per heavy atom. The van der Waals surface area contributed by atoms with Crippen molar-refractivity contribution in [1.29, 1.82) is 10.5 Å². The molecule has 2 unspecified atom stereocenters. The molecule has 15 nitrogen and oxygen atoms in total. The molecule has 7 atom stereocenters. The van der Waals surface area contributed by atoms with Crippen molar-refractivity contribution in [3.05, 3.63) is 83.3 Å². The van der Waals surface area contributed by atoms with Crippen molar-refractivity contribution < 1.29 is 41.8 Å². The Bertz CT molecular complexity index is 2360. The molecule has 1 spiro atoms. The van der Waals surface area contributed by atoms with Gasteiger partial charge in [0, 0.05) is 6.61 Å². The summed E-state index contributed by atoms with van der Waals surface area (Å²) in [5.74, 6) is -0.536. The van der Waals surface area contributed by atoms with Crippen LogP contribution < -0.4 is 15.0 Å². The number of anilines is 1. The molecule has 0 bridgehead atoms. The Balaban J connectivity index is 0.977. The van der Waals surface area contributed by atoms with Gasteiger partial charge in [-0.05, 0) is 62.7 Å². The molecule has 4 aromatic rings. The highest BCUT2D eigenvalue weighted by Gasteiger charge is 2.95. The van der Waals surface area contributed by atoms with E-state index < -0.39 is 49.2 Å². The number of phosphoric acid groups is 1. The SMILES string of the molecule is CCCCCCCCCCCCCCCCCCOC[C@H](COP(=O)(Oc1ccccc1Cl)OC1[C@@]2(C#N)O[C@@H](c3ccc4c(N)ncnn34)[C@@H]3OC(C)(C)O[C@@]132)Oc1cccc(C#N)c1. The molecular formula is C49H64ClN6O9P. The molecule has 0 radical (unpaired) electrons. The van der Waals surface area contributed by atoms with E-state index in [1.165, 1.54) is 95.9 Å². The van der Waals surface area contributed by atoms with Crippen molar-refractivity contribution in [2.24, 2.45) is 0 Å². The number of rotatable bonds is 29. The van der Waals surface area contributed by atoms with E-state index >= 15 is 4.57 Å². The molecule has 7 rings (SSSR count). The van der Waals surface area contributed by atoms with E-state index in [0.29, 0.717) is 29.1 Å². The largest absolute Gasteiger partial charge is 0.530 e. The van der Waals surface area contributed by atoms with Gasteiger partial charge in [0.2, 0.25) is 5.60 Å². The van der Waals surface area contributed by atoms with Gasteiger partial charge >= 0.3 is 7.82 Å². The molecule has 2 N–H and O–H groups in total. The molecule has 356 valence electrons. The maximum absolute atomic E-state index is 15.1. The highest BCUT2D eigenvalue weighted by atomic mass is 35.5. The third-order valence-corrected chi connectivity index (χ3v) is 14.1. The van der Waals surface area contributed by atoms with E-state index in [2.05, 4.69) is 29.1 Å². The summed E-state index contributed by atoms with van der Waals surface area (Å²) < 4.78 is 67.0. The minimum atomic E-state index is -4.73. The van der Waals surface area contributed by atoms with Gasteiger partial charge in [-0.1, -0.05) is 133 Å². The van der Waals surface area contributed by atoms with Crippen LogP contribution in [-0.4, -0.2) is 69.7 Å². The van der Waals surface area contributed by atoms with Crippen LogP contribution in [-0.2, 0) is 32.6 Å². The van der Waals surface area contributed by atoms with Crippen molar-refractivity contribution in [2.45, 2.75) is 165 Å². The van der Waals surface area contributed by atoms with Gasteiger partial charge in [0.15, 0.2) is 23.3 Å². The first-order valence-corrected chi connectivity index (χ1v) is 25.5. The van der Waals surface area contributed by atoms with Crippen LogP contribution in [0, 0.1) is 22.7 Å². The third-order valence-electron chi connectivity index (χ3n) is 12.5. The highest BCUT2D eigenvalue weighted by Crippen LogP contribution is 2.74. The van der Waals surface area contributed by atoms with E-state index in [-0.39, 0.29) is 29.8 Å². The molecule has 17 heteroatoms. The monoisotopic (exact) mass is 946 g/mol. The second kappa shape index (κ2) is 22.7. The molecule has 66 heavy (non-hydrogen) atoms. The van der Waals surface area contributed by atoms with Crippen LogP contribution in [0.3, 0.4) is 0 Å². The lowest BCUT2D eigenvalue weighted by molar-refractivity contribution is -0.182. The fourth-order valence-electron chi connectivity index (χ4n) is 9.15. The Labute approximate surface area is 393 Å². The van der Waals surface area contributed by atoms with E-state index in [9.17, 15) is 10.5 Å². The van der Waals surface area contributed by atoms with Crippen molar-refractivity contribution in [2.75, 3.05) is 25.6 Å². The van der Waals surface area contributed by atoms with Crippen molar-refractivity contribution in [1.82, 2.24) is 14.6 Å². The van der Waals surface area contributed by atoms with Crippen LogP contribution in [0.15, 0.2) is 67.0 Å². The zero-order valence-electron chi connectivity index (χ0n) is 38.4. The minimum Gasteiger partial charge on any atom is -0.486 e. The maximum atomic E-state index is 15.1. The molecule has 1 saturated carbocycles. The summed E-state index contributed by atoms with van der Waals surface area (Å²) >= 11 is 6.51. The van der Waals surface area contributed by atoms with Gasteiger partial charge in [-0.2, -0.15) is 15.6 Å². The number of hydrogen-bond donors (Lipinski definition) is 1. The number of nitrogens with zero attached hydrogens (tertiary/aromatic N) is 5. The molecular weight excluding hydrogens is 883 g/mol. The lowest BCUT2D eigenvalue weighted by Gasteiger charge is -2.26. The predicted molar refractivity (Wildman–Crippen MR) is 249 cm³/mol. The number of nitrogens with two attached hydrogens (primary N) is 1. The van der Waals surface area contributed by atoms with Gasteiger partial charge in [0.05, 0.1) is 35.6 Å². The average molecular weight is 948 g/mol. The van der Waals surface area contributed by atoms with E-state index in [1.807, 2.05) is 0 Å². The normalized spacial score (nSPS) is 23.9. The van der Waals surface area contributed by atoms with Crippen LogP contribution in [0.25, 0.3) is 5.52 Å². The molecule has 2 aromatic carbocycles. The number of para-hydroxylation sites is 1. The first-order valence-electron chi connectivity index (χ1n) is 23.6. The summed E-state index contributed by atoms with van der Waals surface area (Å²) in [7, 11) is -4.73. The Morgan fingerprint density at radius 3 is 2.23 bits per heavy atom. The molecule has 2 aromatic heterocycles. The third kappa shape index (κ3) is 11.5. The van der Waals surface area contributed by atoms with Crippen LogP contribution in [0.5, 0.6) is 11.5 Å². The number of phosphoric ester groups is 1. The quantitative estimate of drug-likeness (QED) is 0.0399. The van der Waals surface area contributed by atoms with Crippen molar-refractivity contribution in [3.63, 3.8) is 0 Å². The van der Waals surface area contributed by atoms with Crippen LogP contribution in [0.2, 0.25) is 5.02 Å². The van der Waals surface area contributed by atoms with Gasteiger partial charge in [0.1, 0.15) is 47.7 Å². The Hall–Kier alpha value is -4.28. The van der Waals surface area contributed by atoms with Gasteiger partial charge in [-0.15, -0.1) is 0 Å². The van der Waals surface area contributed by atoms with Gasteiger partial charge in [0.25, 0.3) is 0 Å². The summed E-state index contributed by atoms with van der Waals surface area (Å²) in [5.41, 5.74) is 4.23. The summed E-state index contributed by atoms with van der Waals surface area (Å²) in [6, 6.07) is 21.0. The summed E-state index contributed by atoms with van der Waals surface area (Å²) in [5, 5.41) is 24.9. The summed E-state index contributed by atoms with van der Waals surface area (Å²) in [6.07, 6.45) is 17.7. The number of ether oxygens (including phenoxy) is 5. The molecule has 1 aliphatic carbocycles. The molecule has 3 aliphatic rings. The smallest absolute Gasteiger partial charge is 0.486 e. The standard InChI is InChI=1S/C49H64ClN6O9P/c1-4-5-6-7-8-9-10-11-12-13-14-15-16-17-18-21-29-58-32-38(60-37-24-22-23-36(30-37)31-51)33-59-66(57,63-42-26-20-19-25-39(42)50)64-46-48(34-52)49(46)44(62-47(2,3)65-49)43(61-48)40-27-28-41-45(53)54-35-55-56(40)41/h19-20,22-28,30,35,38,43-44,46H,4-18,21,29,32-33H2,1-3H3,(H2,53,54,55)/t38-,43+,44+,46?,48-,49-,66?/m1/s1. The number of nitrogen functional groups attached to an aromatic ring is 1. The maximum Gasteiger partial charge on any atom is 0.530 e. The fourth-order valence-corrected chi connectivity index (χ4v) is 10.8. The topological polar surface area (TPSA) is 195 Å². The molecule has 0 amide bonds. The lowest BCUT2D eigenvalue weighted by atomic mass is 10.0. The van der Waals surface area contributed by atoms with Gasteiger partial charge in [-0.3, -0.25) is 9.05 Å². The minimum absolute atomic E-state index is 0.0203. The second-order valence-corrected chi connectivity index (χ2v) is 19.9. The Kier molecular flexibility index (Phi) is 17.0. The predicted octanol–water partition coefficient (Wildman–Crippen LogP) is 11.4. The van der Waals surface area contributed by atoms with Crippen molar-refractivity contribution in [3.8, 4) is 23.6 Å². The van der Waals surface area contributed by atoms with Crippen LogP contribution in [0.4, 0.5) is 5.82 Å². The second-order valence-electron chi connectivity index (χ2n) is 17.9. The number of nitriles is 2. The molecule has 2 aliphatic heterocycles. The summed E-state index contributed by atoms with van der Waals surface area (Å²) in [4.78, 5) is 4.08. The number of hydrogen-bond acceptors (Lipinski definition) is 14. The number of unbranched alkanes of at least 4 members (excludes halogenated alkanes) is 15. The first kappa shape index (κ1) is 49.6. The molecule has 4 heterocycles. The van der Waals surface area contributed by atoms with Crippen molar-refractivity contribution >= 4 is 30.8 Å². The lowest BCUT2D eigenvalue weighted by Crippen LogP contribution is -2.33. The number of fused-ring (bicyclic) bond motifs is 1. The van der Waals surface area contributed by atoms with Gasteiger partial charge in [-0.25, -0.2) is 14.1 Å². The van der Waals surface area contributed by atoms with Crippen LogP contribution >= 0.6 is 19.4 Å². The zero-order chi connectivity index (χ0) is 46.6. The molecule has 3 fully saturated rings. The zero-order valence-corrected chi connectivity index (χ0v) is 40.1. The van der Waals surface area contributed by atoms with Gasteiger partial charge < -0.3 is 33.9 Å². The van der Waals surface area contributed by atoms with E-state index in [1.54, 1.807) is 73.0 Å². The first-order chi connectivity index (χ1) is 32.0. The number of halogens is 1. The fraction of sp³-hybridized carbons (Fsp3) is 0.592. The highest BCUT2D eigenvalue weighted by molar-refractivity contribution is 7.49. The summed E-state index contributed by atoms with van der Waals surface area (Å²) in [6.45, 7) is 5.89. The number of benzene rings is 2. The Morgan fingerprint density at radius 1 is 0.879 bits per heavy atom. The van der Waals surface area contributed by atoms with E-state index in [0.717, 1.165) is 19.3 Å². The van der Waals surface area contributed by atoms with E-state index in [4.69, 9.17) is 54.6 Å². The average Bonchev–Trinajstić information content (AvgIpc) is 3.65. The number of aromatic nitrogens is 3. The van der Waals surface area contributed by atoms with Crippen LogP contribution in [0.1, 0.15) is 141 Å². The molecule has 2 saturated heterocycles.